The second-order valence-electron chi connectivity index (χ2n) is 8.30. The number of fused-ring (bicyclic) bond motifs is 1. The molecule has 7 nitrogen and oxygen atoms in total. The predicted molar refractivity (Wildman–Crippen MR) is 136 cm³/mol. The molecule has 4 rings (SSSR count). The highest BCUT2D eigenvalue weighted by Gasteiger charge is 2.27. The van der Waals surface area contributed by atoms with Crippen LogP contribution in [0.1, 0.15) is 41.2 Å². The van der Waals surface area contributed by atoms with Gasteiger partial charge in [-0.3, -0.25) is 9.59 Å². The number of aromatic hydroxyl groups is 1. The van der Waals surface area contributed by atoms with Crippen LogP contribution in [0.5, 0.6) is 5.75 Å². The van der Waals surface area contributed by atoms with Crippen LogP contribution in [0.25, 0.3) is 22.8 Å². The first-order valence-electron chi connectivity index (χ1n) is 11.6. The molecule has 0 spiro atoms. The van der Waals surface area contributed by atoms with Crippen LogP contribution in [0.15, 0.2) is 48.5 Å². The lowest BCUT2D eigenvalue weighted by molar-refractivity contribution is -0.110. The third-order valence-corrected chi connectivity index (χ3v) is 6.19. The molecule has 0 unspecified atom stereocenters. The van der Waals surface area contributed by atoms with E-state index in [1.54, 1.807) is 18.2 Å². The van der Waals surface area contributed by atoms with E-state index in [9.17, 15) is 14.7 Å². The van der Waals surface area contributed by atoms with Gasteiger partial charge in [0.2, 0.25) is 0 Å². The summed E-state index contributed by atoms with van der Waals surface area (Å²) in [5.74, 6) is -0.323. The van der Waals surface area contributed by atoms with Crippen LogP contribution in [0.2, 0.25) is 0 Å². The Bertz CT molecular complexity index is 1240. The van der Waals surface area contributed by atoms with Gasteiger partial charge in [0.05, 0.1) is 11.1 Å². The molecule has 34 heavy (non-hydrogen) atoms. The van der Waals surface area contributed by atoms with E-state index in [0.29, 0.717) is 34.6 Å². The molecule has 1 aliphatic rings. The molecule has 4 N–H and O–H groups in total. The number of carbonyl (C=O) groups excluding carboxylic acids is 2. The first kappa shape index (κ1) is 23.3. The molecule has 3 aromatic rings. The molecule has 2 heterocycles. The molecule has 0 aliphatic carbocycles. The molecule has 0 bridgehead atoms. The lowest BCUT2D eigenvalue weighted by atomic mass is 9.97. The van der Waals surface area contributed by atoms with Crippen LogP contribution >= 0.6 is 0 Å². The van der Waals surface area contributed by atoms with E-state index in [4.69, 9.17) is 0 Å². The van der Waals surface area contributed by atoms with Crippen LogP contribution in [0.4, 0.5) is 5.69 Å². The molecule has 2 amide bonds. The number of aromatic amines is 1. The van der Waals surface area contributed by atoms with Crippen molar-refractivity contribution in [3.05, 3.63) is 71.0 Å². The number of nitrogens with one attached hydrogen (secondary N) is 3. The number of amides is 2. The summed E-state index contributed by atoms with van der Waals surface area (Å²) in [7, 11) is 0. The summed E-state index contributed by atoms with van der Waals surface area (Å²) in [5, 5.41) is 15.8. The molecule has 176 valence electrons. The Balaban J connectivity index is 1.75. The van der Waals surface area contributed by atoms with Crippen molar-refractivity contribution in [2.24, 2.45) is 0 Å². The molecular formula is C27H30N4O3. The normalized spacial score (nSPS) is 13.9. The summed E-state index contributed by atoms with van der Waals surface area (Å²) in [6, 6.07) is 14.5. The first-order valence-corrected chi connectivity index (χ1v) is 11.6. The maximum absolute atomic E-state index is 13.3. The third-order valence-electron chi connectivity index (χ3n) is 6.19. The van der Waals surface area contributed by atoms with Crippen molar-refractivity contribution in [2.45, 2.75) is 20.8 Å². The highest BCUT2D eigenvalue weighted by Crippen LogP contribution is 2.38. The number of likely N-dealkylation sites (N-methyl/N-ethyl adjacent to an activating group) is 1. The lowest BCUT2D eigenvalue weighted by Gasteiger charge is -2.18. The number of phenols is 1. The lowest BCUT2D eigenvalue weighted by Crippen LogP contribution is -2.35. The van der Waals surface area contributed by atoms with Gasteiger partial charge < -0.3 is 25.6 Å². The SMILES string of the molecule is CCN(CC)CCNC(=O)c1c(C)[nH]c(C=C2C(=O)Nc3ccc(O)cc32)c1-c1ccccc1. The van der Waals surface area contributed by atoms with Gasteiger partial charge in [-0.2, -0.15) is 0 Å². The third kappa shape index (κ3) is 4.61. The number of anilines is 1. The van der Waals surface area contributed by atoms with E-state index < -0.39 is 0 Å². The van der Waals surface area contributed by atoms with Gasteiger partial charge in [0, 0.05) is 41.3 Å². The standard InChI is InChI=1S/C27H30N4O3/c1-4-31(5-2)14-13-28-27(34)24-17(3)29-23(25(24)18-9-7-6-8-10-18)16-21-20-15-19(32)11-12-22(20)30-26(21)33/h6-12,15-16,29,32H,4-5,13-14H2,1-3H3,(H,28,34)(H,30,33). The van der Waals surface area contributed by atoms with Gasteiger partial charge >= 0.3 is 0 Å². The largest absolute Gasteiger partial charge is 0.508 e. The Kier molecular flexibility index (Phi) is 6.84. The quantitative estimate of drug-likeness (QED) is 0.300. The Labute approximate surface area is 199 Å². The smallest absolute Gasteiger partial charge is 0.256 e. The van der Waals surface area contributed by atoms with Gasteiger partial charge in [0.25, 0.3) is 11.8 Å². The molecule has 1 aliphatic heterocycles. The summed E-state index contributed by atoms with van der Waals surface area (Å²) in [6.07, 6.45) is 1.75. The zero-order valence-corrected chi connectivity index (χ0v) is 19.7. The van der Waals surface area contributed by atoms with Crippen LogP contribution in [0, 0.1) is 6.92 Å². The van der Waals surface area contributed by atoms with Crippen molar-refractivity contribution >= 4 is 29.2 Å². The Morgan fingerprint density at radius 2 is 1.85 bits per heavy atom. The average Bonchev–Trinajstić information content (AvgIpc) is 3.33. The number of hydrogen-bond acceptors (Lipinski definition) is 4. The van der Waals surface area contributed by atoms with E-state index in [1.807, 2.05) is 37.3 Å². The second kappa shape index (κ2) is 9.97. The van der Waals surface area contributed by atoms with Crippen molar-refractivity contribution in [3.8, 4) is 16.9 Å². The first-order chi connectivity index (χ1) is 16.4. The maximum Gasteiger partial charge on any atom is 0.256 e. The molecule has 7 heteroatoms. The fourth-order valence-electron chi connectivity index (χ4n) is 4.37. The number of rotatable bonds is 8. The van der Waals surface area contributed by atoms with Gasteiger partial charge in [-0.1, -0.05) is 44.2 Å². The van der Waals surface area contributed by atoms with Gasteiger partial charge in [-0.25, -0.2) is 0 Å². The Morgan fingerprint density at radius 1 is 1.12 bits per heavy atom. The van der Waals surface area contributed by atoms with Crippen molar-refractivity contribution < 1.29 is 14.7 Å². The van der Waals surface area contributed by atoms with Crippen LogP contribution in [-0.2, 0) is 4.79 Å². The number of nitrogens with zero attached hydrogens (tertiary/aromatic N) is 1. The van der Waals surface area contributed by atoms with Crippen LogP contribution in [-0.4, -0.2) is 53.0 Å². The minimum absolute atomic E-state index is 0.0837. The molecular weight excluding hydrogens is 428 g/mol. The van der Waals surface area contributed by atoms with Gasteiger partial charge in [0.15, 0.2) is 0 Å². The molecule has 2 aromatic carbocycles. The average molecular weight is 459 g/mol. The topological polar surface area (TPSA) is 97.5 Å². The second-order valence-corrected chi connectivity index (χ2v) is 8.30. The minimum Gasteiger partial charge on any atom is -0.508 e. The Hall–Kier alpha value is -3.84. The number of aromatic nitrogens is 1. The van der Waals surface area contributed by atoms with E-state index in [-0.39, 0.29) is 17.6 Å². The van der Waals surface area contributed by atoms with Crippen molar-refractivity contribution in [1.82, 2.24) is 15.2 Å². The monoisotopic (exact) mass is 458 g/mol. The zero-order chi connectivity index (χ0) is 24.2. The molecule has 0 fully saturated rings. The molecule has 1 aromatic heterocycles. The van der Waals surface area contributed by atoms with Crippen molar-refractivity contribution in [1.29, 1.82) is 0 Å². The Morgan fingerprint density at radius 3 is 2.56 bits per heavy atom. The van der Waals surface area contributed by atoms with E-state index in [2.05, 4.69) is 34.4 Å². The van der Waals surface area contributed by atoms with Gasteiger partial charge in [0.1, 0.15) is 5.75 Å². The van der Waals surface area contributed by atoms with E-state index in [0.717, 1.165) is 36.5 Å². The van der Waals surface area contributed by atoms with E-state index in [1.165, 1.54) is 6.07 Å². The number of carbonyl (C=O) groups is 2. The molecule has 0 saturated carbocycles. The summed E-state index contributed by atoms with van der Waals surface area (Å²) < 4.78 is 0. The van der Waals surface area contributed by atoms with Gasteiger partial charge in [-0.15, -0.1) is 0 Å². The highest BCUT2D eigenvalue weighted by atomic mass is 16.3. The molecule has 0 saturated heterocycles. The summed E-state index contributed by atoms with van der Waals surface area (Å²) in [6.45, 7) is 9.26. The zero-order valence-electron chi connectivity index (χ0n) is 19.7. The molecule has 0 atom stereocenters. The van der Waals surface area contributed by atoms with Crippen LogP contribution < -0.4 is 10.6 Å². The maximum atomic E-state index is 13.3. The number of phenolic OH excluding ortho intramolecular Hbond substituents is 1. The fourth-order valence-corrected chi connectivity index (χ4v) is 4.37. The van der Waals surface area contributed by atoms with Crippen molar-refractivity contribution in [3.63, 3.8) is 0 Å². The molecule has 0 radical (unpaired) electrons. The number of benzene rings is 2. The van der Waals surface area contributed by atoms with Crippen molar-refractivity contribution in [2.75, 3.05) is 31.5 Å². The summed E-state index contributed by atoms with van der Waals surface area (Å²) >= 11 is 0. The minimum atomic E-state index is -0.253. The summed E-state index contributed by atoms with van der Waals surface area (Å²) in [4.78, 5) is 31.6. The fraction of sp³-hybridized carbons (Fsp3) is 0.259. The number of hydrogen-bond donors (Lipinski definition) is 4. The number of H-pyrrole nitrogens is 1. The summed E-state index contributed by atoms with van der Waals surface area (Å²) in [5.41, 5.74) is 5.27. The van der Waals surface area contributed by atoms with E-state index >= 15 is 0 Å². The highest BCUT2D eigenvalue weighted by molar-refractivity contribution is 6.35. The predicted octanol–water partition coefficient (Wildman–Crippen LogP) is 4.26. The van der Waals surface area contributed by atoms with Crippen LogP contribution in [0.3, 0.4) is 0 Å². The number of aryl methyl sites for hydroxylation is 1. The van der Waals surface area contributed by atoms with Gasteiger partial charge in [-0.05, 0) is 49.9 Å².